The molecule has 0 amide bonds. The number of nitriles is 1. The molecule has 1 atom stereocenters. The molecule has 4 aromatic rings. The summed E-state index contributed by atoms with van der Waals surface area (Å²) in [5.41, 5.74) is 2.95. The van der Waals surface area contributed by atoms with Gasteiger partial charge in [-0.05, 0) is 55.8 Å². The Labute approximate surface area is 253 Å². The number of ether oxygens (including phenoxy) is 2. The minimum atomic E-state index is -0.804. The number of carbonyl (C=O) groups excluding carboxylic acids is 1. The smallest absolute Gasteiger partial charge is 0.338 e. The third-order valence-corrected chi connectivity index (χ3v) is 8.32. The highest BCUT2D eigenvalue weighted by atomic mass is 79.9. The van der Waals surface area contributed by atoms with Crippen molar-refractivity contribution in [2.24, 2.45) is 4.99 Å². The summed E-state index contributed by atoms with van der Waals surface area (Å²) in [5, 5.41) is 9.85. The Morgan fingerprint density at radius 1 is 1.20 bits per heavy atom. The third kappa shape index (κ3) is 5.77. The summed E-state index contributed by atoms with van der Waals surface area (Å²) in [7, 11) is 0. The zero-order chi connectivity index (χ0) is 29.1. The van der Waals surface area contributed by atoms with Crippen LogP contribution in [0.5, 0.6) is 5.75 Å². The van der Waals surface area contributed by atoms with Crippen molar-refractivity contribution in [3.63, 3.8) is 0 Å². The van der Waals surface area contributed by atoms with Crippen LogP contribution in [0.4, 0.5) is 0 Å². The summed E-state index contributed by atoms with van der Waals surface area (Å²) in [5.74, 6) is -0.00824. The lowest BCUT2D eigenvalue weighted by molar-refractivity contribution is -0.139. The first kappa shape index (κ1) is 28.6. The van der Waals surface area contributed by atoms with Gasteiger partial charge < -0.3 is 9.47 Å². The predicted molar refractivity (Wildman–Crippen MR) is 161 cm³/mol. The van der Waals surface area contributed by atoms with Gasteiger partial charge in [0, 0.05) is 20.6 Å². The van der Waals surface area contributed by atoms with E-state index in [1.807, 2.05) is 30.3 Å². The van der Waals surface area contributed by atoms with E-state index in [4.69, 9.17) is 21.1 Å². The molecule has 5 rings (SSSR count). The number of carbonyl (C=O) groups is 1. The predicted octanol–water partition coefficient (Wildman–Crippen LogP) is 5.66. The van der Waals surface area contributed by atoms with Crippen LogP contribution < -0.4 is 19.6 Å². The topological polar surface area (TPSA) is 93.7 Å². The Balaban J connectivity index is 1.63. The van der Waals surface area contributed by atoms with Gasteiger partial charge in [0.25, 0.3) is 5.56 Å². The van der Waals surface area contributed by atoms with Gasteiger partial charge in [-0.3, -0.25) is 9.36 Å². The lowest BCUT2D eigenvalue weighted by atomic mass is 9.96. The van der Waals surface area contributed by atoms with E-state index in [9.17, 15) is 14.9 Å². The molecule has 1 aliphatic heterocycles. The largest absolute Gasteiger partial charge is 0.488 e. The van der Waals surface area contributed by atoms with Gasteiger partial charge in [-0.25, -0.2) is 9.79 Å². The summed E-state index contributed by atoms with van der Waals surface area (Å²) in [6.45, 7) is 3.82. The van der Waals surface area contributed by atoms with E-state index in [1.54, 1.807) is 56.3 Å². The average molecular weight is 649 g/mol. The Morgan fingerprint density at radius 2 is 1.95 bits per heavy atom. The van der Waals surface area contributed by atoms with Crippen molar-refractivity contribution < 1.29 is 14.3 Å². The van der Waals surface area contributed by atoms with E-state index in [-0.39, 0.29) is 24.3 Å². The van der Waals surface area contributed by atoms with E-state index < -0.39 is 12.0 Å². The lowest BCUT2D eigenvalue weighted by Crippen LogP contribution is -2.40. The van der Waals surface area contributed by atoms with E-state index in [0.29, 0.717) is 42.5 Å². The van der Waals surface area contributed by atoms with E-state index in [0.717, 1.165) is 10.0 Å². The summed E-state index contributed by atoms with van der Waals surface area (Å²) in [6.07, 6.45) is 1.74. The Bertz CT molecular complexity index is 1920. The molecule has 0 unspecified atom stereocenters. The quantitative estimate of drug-likeness (QED) is 0.241. The number of rotatable bonds is 7. The number of aromatic nitrogens is 1. The summed E-state index contributed by atoms with van der Waals surface area (Å²) >= 11 is 11.3. The fourth-order valence-corrected chi connectivity index (χ4v) is 6.25. The Kier molecular flexibility index (Phi) is 8.54. The van der Waals surface area contributed by atoms with Crippen LogP contribution in [-0.4, -0.2) is 17.1 Å². The van der Waals surface area contributed by atoms with Gasteiger partial charge in [0.15, 0.2) is 4.80 Å². The summed E-state index contributed by atoms with van der Waals surface area (Å²) < 4.78 is 14.2. The van der Waals surface area contributed by atoms with Crippen molar-refractivity contribution >= 4 is 50.9 Å². The molecule has 0 saturated heterocycles. The molecule has 1 aromatic heterocycles. The molecule has 206 valence electrons. The molecule has 0 bridgehead atoms. The highest BCUT2D eigenvalue weighted by molar-refractivity contribution is 9.10. The minimum absolute atomic E-state index is 0.180. The number of nitrogens with zero attached hydrogens (tertiary/aromatic N) is 3. The number of benzene rings is 3. The first-order valence-corrected chi connectivity index (χ1v) is 14.7. The summed E-state index contributed by atoms with van der Waals surface area (Å²) in [4.78, 5) is 32.1. The first-order chi connectivity index (χ1) is 19.8. The number of allylic oxidation sites excluding steroid dienone is 1. The molecule has 10 heteroatoms. The molecule has 0 spiro atoms. The van der Waals surface area contributed by atoms with Gasteiger partial charge in [0.2, 0.25) is 0 Å². The molecular weight excluding hydrogens is 626 g/mol. The van der Waals surface area contributed by atoms with Crippen LogP contribution in [0, 0.1) is 11.3 Å². The van der Waals surface area contributed by atoms with Gasteiger partial charge >= 0.3 is 5.97 Å². The normalized spacial score (nSPS) is 14.7. The Hall–Kier alpha value is -3.97. The standard InChI is InChI=1S/C31H23BrClN3O4S/c1-3-39-30(38)27-18(2)35-31-36(28(27)23-10-6-7-11-24(23)33)29(37)26(41-31)15-21-14-22(32)12-13-25(21)40-17-20-9-5-4-8-19(20)16-34/h4-15,28H,3,17H2,1-2H3/b26-15-/t28-/m0/s1. The van der Waals surface area contributed by atoms with Gasteiger partial charge in [-0.1, -0.05) is 75.3 Å². The maximum Gasteiger partial charge on any atom is 0.338 e. The number of hydrogen-bond donors (Lipinski definition) is 0. The molecule has 3 aromatic carbocycles. The van der Waals surface area contributed by atoms with Crippen LogP contribution in [0.15, 0.2) is 92.3 Å². The molecular formula is C31H23BrClN3O4S. The zero-order valence-corrected chi connectivity index (χ0v) is 25.2. The van der Waals surface area contributed by atoms with Crippen molar-refractivity contribution in [1.29, 1.82) is 5.26 Å². The molecule has 1 aliphatic rings. The number of esters is 1. The van der Waals surface area contributed by atoms with E-state index in [1.165, 1.54) is 15.9 Å². The zero-order valence-electron chi connectivity index (χ0n) is 22.1. The maximum atomic E-state index is 14.0. The second-order valence-electron chi connectivity index (χ2n) is 9.06. The molecule has 0 saturated carbocycles. The molecule has 0 N–H and O–H groups in total. The second-order valence-corrected chi connectivity index (χ2v) is 11.4. The highest BCUT2D eigenvalue weighted by Gasteiger charge is 2.34. The molecule has 41 heavy (non-hydrogen) atoms. The second kappa shape index (κ2) is 12.3. The van der Waals surface area contributed by atoms with Gasteiger partial charge in [-0.15, -0.1) is 0 Å². The Morgan fingerprint density at radius 3 is 2.71 bits per heavy atom. The van der Waals surface area contributed by atoms with Gasteiger partial charge in [-0.2, -0.15) is 5.26 Å². The third-order valence-electron chi connectivity index (χ3n) is 6.50. The maximum absolute atomic E-state index is 14.0. The number of thiazole rings is 1. The first-order valence-electron chi connectivity index (χ1n) is 12.7. The molecule has 2 heterocycles. The lowest BCUT2D eigenvalue weighted by Gasteiger charge is -2.25. The van der Waals surface area contributed by atoms with E-state index in [2.05, 4.69) is 27.0 Å². The number of hydrogen-bond acceptors (Lipinski definition) is 7. The van der Waals surface area contributed by atoms with Gasteiger partial charge in [0.05, 0.1) is 34.0 Å². The summed E-state index contributed by atoms with van der Waals surface area (Å²) in [6, 6.07) is 21.2. The molecule has 0 aliphatic carbocycles. The highest BCUT2D eigenvalue weighted by Crippen LogP contribution is 2.34. The van der Waals surface area contributed by atoms with Crippen LogP contribution in [0.3, 0.4) is 0 Å². The van der Waals surface area contributed by atoms with Crippen LogP contribution >= 0.6 is 38.9 Å². The number of halogens is 2. The van der Waals surface area contributed by atoms with Crippen LogP contribution in [0.2, 0.25) is 5.02 Å². The molecule has 7 nitrogen and oxygen atoms in total. The molecule has 0 fully saturated rings. The van der Waals surface area contributed by atoms with Crippen LogP contribution in [-0.2, 0) is 16.1 Å². The van der Waals surface area contributed by atoms with Crippen molar-refractivity contribution in [2.75, 3.05) is 6.61 Å². The van der Waals surface area contributed by atoms with Crippen molar-refractivity contribution in [1.82, 2.24) is 4.57 Å². The van der Waals surface area contributed by atoms with Gasteiger partial charge in [0.1, 0.15) is 18.4 Å². The fraction of sp³-hybridized carbons (Fsp3) is 0.161. The van der Waals surface area contributed by atoms with Crippen LogP contribution in [0.1, 0.15) is 42.1 Å². The molecule has 0 radical (unpaired) electrons. The SMILES string of the molecule is CCOC(=O)C1=C(C)N=c2s/c(=C\c3cc(Br)ccc3OCc3ccccc3C#N)c(=O)n2[C@H]1c1ccccc1Cl. The van der Waals surface area contributed by atoms with E-state index >= 15 is 0 Å². The fourth-order valence-electron chi connectivity index (χ4n) is 4.60. The average Bonchev–Trinajstić information content (AvgIpc) is 3.26. The monoisotopic (exact) mass is 647 g/mol. The van der Waals surface area contributed by atoms with Crippen LogP contribution in [0.25, 0.3) is 6.08 Å². The van der Waals surface area contributed by atoms with Crippen molar-refractivity contribution in [3.05, 3.63) is 129 Å². The van der Waals surface area contributed by atoms with Crippen molar-refractivity contribution in [3.8, 4) is 11.8 Å². The van der Waals surface area contributed by atoms with Crippen molar-refractivity contribution in [2.45, 2.75) is 26.5 Å². The minimum Gasteiger partial charge on any atom is -0.488 e. The number of fused-ring (bicyclic) bond motifs is 1.